The number of methoxy groups -OCH3 is 2. The first kappa shape index (κ1) is 14.7. The van der Waals surface area contributed by atoms with Crippen molar-refractivity contribution in [3.8, 4) is 11.5 Å². The molecule has 5 heteroatoms. The van der Waals surface area contributed by atoms with Crippen molar-refractivity contribution >= 4 is 5.91 Å². The molecule has 1 saturated carbocycles. The maximum Gasteiger partial charge on any atom is 0.251 e. The molecule has 5 nitrogen and oxygen atoms in total. The molecule has 0 radical (unpaired) electrons. The summed E-state index contributed by atoms with van der Waals surface area (Å²) in [4.78, 5) is 12.1. The lowest BCUT2D eigenvalue weighted by molar-refractivity contribution is 0.0946. The highest BCUT2D eigenvalue weighted by Crippen LogP contribution is 2.27. The molecule has 20 heavy (non-hydrogen) atoms. The lowest BCUT2D eigenvalue weighted by atomic mass is 10.0. The van der Waals surface area contributed by atoms with Crippen molar-refractivity contribution in [2.75, 3.05) is 20.8 Å². The maximum atomic E-state index is 12.1. The highest BCUT2D eigenvalue weighted by molar-refractivity contribution is 5.94. The third kappa shape index (κ3) is 3.22. The number of amides is 1. The Bertz CT molecular complexity index is 476. The van der Waals surface area contributed by atoms with Crippen molar-refractivity contribution in [2.24, 2.45) is 11.7 Å². The van der Waals surface area contributed by atoms with Crippen LogP contribution in [0.25, 0.3) is 0 Å². The highest BCUT2D eigenvalue weighted by atomic mass is 16.5. The molecule has 0 spiro atoms. The van der Waals surface area contributed by atoms with Gasteiger partial charge in [-0.3, -0.25) is 4.79 Å². The van der Waals surface area contributed by atoms with E-state index in [4.69, 9.17) is 15.2 Å². The zero-order valence-electron chi connectivity index (χ0n) is 12.0. The molecule has 0 bridgehead atoms. The Labute approximate surface area is 119 Å². The van der Waals surface area contributed by atoms with E-state index in [0.29, 0.717) is 29.5 Å². The van der Waals surface area contributed by atoms with Crippen LogP contribution in [0.1, 0.15) is 29.6 Å². The minimum atomic E-state index is -0.106. The number of ether oxygens (including phenoxy) is 2. The molecule has 0 aromatic heterocycles. The number of nitrogens with two attached hydrogens (primary N) is 1. The average molecular weight is 278 g/mol. The van der Waals surface area contributed by atoms with Crippen LogP contribution in [0.15, 0.2) is 18.2 Å². The molecule has 1 aromatic rings. The van der Waals surface area contributed by atoms with Gasteiger partial charge in [-0.15, -0.1) is 0 Å². The van der Waals surface area contributed by atoms with Crippen LogP contribution >= 0.6 is 0 Å². The van der Waals surface area contributed by atoms with Gasteiger partial charge in [0, 0.05) is 18.2 Å². The second kappa shape index (κ2) is 6.61. The number of carbonyl (C=O) groups excluding carboxylic acids is 1. The van der Waals surface area contributed by atoms with E-state index in [0.717, 1.165) is 19.3 Å². The summed E-state index contributed by atoms with van der Waals surface area (Å²) in [5.41, 5.74) is 6.56. The third-order valence-corrected chi connectivity index (χ3v) is 3.89. The van der Waals surface area contributed by atoms with E-state index in [1.54, 1.807) is 32.4 Å². The number of hydrogen-bond donors (Lipinski definition) is 2. The summed E-state index contributed by atoms with van der Waals surface area (Å²) < 4.78 is 10.4. The van der Waals surface area contributed by atoms with E-state index in [1.165, 1.54) is 0 Å². The molecule has 1 aliphatic rings. The summed E-state index contributed by atoms with van der Waals surface area (Å²) in [6.45, 7) is 0.633. The van der Waals surface area contributed by atoms with Crippen LogP contribution < -0.4 is 20.5 Å². The van der Waals surface area contributed by atoms with E-state index in [1.807, 2.05) is 0 Å². The predicted molar refractivity (Wildman–Crippen MR) is 77.2 cm³/mol. The fourth-order valence-corrected chi connectivity index (χ4v) is 2.62. The van der Waals surface area contributed by atoms with Crippen molar-refractivity contribution in [3.63, 3.8) is 0 Å². The van der Waals surface area contributed by atoms with Crippen molar-refractivity contribution in [3.05, 3.63) is 23.8 Å². The van der Waals surface area contributed by atoms with Crippen LogP contribution in [0.2, 0.25) is 0 Å². The second-order valence-corrected chi connectivity index (χ2v) is 5.13. The molecule has 1 fully saturated rings. The number of hydrogen-bond acceptors (Lipinski definition) is 4. The molecule has 2 atom stereocenters. The Hall–Kier alpha value is -1.75. The Kier molecular flexibility index (Phi) is 4.84. The van der Waals surface area contributed by atoms with Crippen LogP contribution in [0.3, 0.4) is 0 Å². The Morgan fingerprint density at radius 2 is 2.05 bits per heavy atom. The molecule has 3 N–H and O–H groups in total. The Morgan fingerprint density at radius 1 is 1.30 bits per heavy atom. The van der Waals surface area contributed by atoms with E-state index in [9.17, 15) is 4.79 Å². The van der Waals surface area contributed by atoms with Crippen LogP contribution in [0, 0.1) is 5.92 Å². The summed E-state index contributed by atoms with van der Waals surface area (Å²) in [6, 6.07) is 5.35. The first-order valence-electron chi connectivity index (χ1n) is 6.91. The van der Waals surface area contributed by atoms with Crippen LogP contribution in [0.4, 0.5) is 0 Å². The molecule has 1 amide bonds. The SMILES string of the molecule is COc1ccc(C(=O)NCC2CCCC2N)cc1OC. The van der Waals surface area contributed by atoms with Gasteiger partial charge < -0.3 is 20.5 Å². The largest absolute Gasteiger partial charge is 0.493 e. The summed E-state index contributed by atoms with van der Waals surface area (Å²) >= 11 is 0. The molecule has 0 aliphatic heterocycles. The molecular weight excluding hydrogens is 256 g/mol. The minimum Gasteiger partial charge on any atom is -0.493 e. The number of rotatable bonds is 5. The van der Waals surface area contributed by atoms with Crippen molar-refractivity contribution in [1.29, 1.82) is 0 Å². The molecular formula is C15H22N2O3. The fraction of sp³-hybridized carbons (Fsp3) is 0.533. The fourth-order valence-electron chi connectivity index (χ4n) is 2.62. The molecule has 1 aromatic carbocycles. The van der Waals surface area contributed by atoms with E-state index < -0.39 is 0 Å². The van der Waals surface area contributed by atoms with Gasteiger partial charge in [0.1, 0.15) is 0 Å². The molecule has 1 aliphatic carbocycles. The molecule has 2 unspecified atom stereocenters. The van der Waals surface area contributed by atoms with Crippen LogP contribution in [0.5, 0.6) is 11.5 Å². The number of carbonyl (C=O) groups is 1. The summed E-state index contributed by atoms with van der Waals surface area (Å²) in [5.74, 6) is 1.45. The smallest absolute Gasteiger partial charge is 0.251 e. The topological polar surface area (TPSA) is 73.6 Å². The number of nitrogens with one attached hydrogen (secondary N) is 1. The highest BCUT2D eigenvalue weighted by Gasteiger charge is 2.24. The monoisotopic (exact) mass is 278 g/mol. The lowest BCUT2D eigenvalue weighted by Gasteiger charge is -2.16. The van der Waals surface area contributed by atoms with E-state index >= 15 is 0 Å². The first-order valence-corrected chi connectivity index (χ1v) is 6.91. The Balaban J connectivity index is 1.98. The molecule has 0 saturated heterocycles. The summed E-state index contributed by atoms with van der Waals surface area (Å²) in [6.07, 6.45) is 3.29. The Morgan fingerprint density at radius 3 is 2.65 bits per heavy atom. The quantitative estimate of drug-likeness (QED) is 0.857. The first-order chi connectivity index (χ1) is 9.65. The standard InChI is InChI=1S/C15H22N2O3/c1-19-13-7-6-10(8-14(13)20-2)15(18)17-9-11-4-3-5-12(11)16/h6-8,11-12H,3-5,9,16H2,1-2H3,(H,17,18). The van der Waals surface area contributed by atoms with Crippen molar-refractivity contribution < 1.29 is 14.3 Å². The van der Waals surface area contributed by atoms with Crippen LogP contribution in [-0.2, 0) is 0 Å². The van der Waals surface area contributed by atoms with Gasteiger partial charge in [0.25, 0.3) is 5.91 Å². The van der Waals surface area contributed by atoms with Gasteiger partial charge in [0.2, 0.25) is 0 Å². The normalized spacial score (nSPS) is 21.6. The zero-order chi connectivity index (χ0) is 14.5. The maximum absolute atomic E-state index is 12.1. The summed E-state index contributed by atoms with van der Waals surface area (Å²) in [5, 5.41) is 2.94. The van der Waals surface area contributed by atoms with Gasteiger partial charge in [-0.2, -0.15) is 0 Å². The van der Waals surface area contributed by atoms with Gasteiger partial charge >= 0.3 is 0 Å². The summed E-state index contributed by atoms with van der Waals surface area (Å²) in [7, 11) is 3.12. The molecule has 2 rings (SSSR count). The second-order valence-electron chi connectivity index (χ2n) is 5.13. The van der Waals surface area contributed by atoms with Gasteiger partial charge in [-0.05, 0) is 37.0 Å². The lowest BCUT2D eigenvalue weighted by Crippen LogP contribution is -2.36. The van der Waals surface area contributed by atoms with E-state index in [2.05, 4.69) is 5.32 Å². The van der Waals surface area contributed by atoms with Gasteiger partial charge in [-0.25, -0.2) is 0 Å². The van der Waals surface area contributed by atoms with Gasteiger partial charge in [0.15, 0.2) is 11.5 Å². The molecule has 0 heterocycles. The van der Waals surface area contributed by atoms with Crippen LogP contribution in [-0.4, -0.2) is 32.7 Å². The van der Waals surface area contributed by atoms with Gasteiger partial charge in [0.05, 0.1) is 14.2 Å². The predicted octanol–water partition coefficient (Wildman–Crippen LogP) is 1.56. The van der Waals surface area contributed by atoms with Crippen molar-refractivity contribution in [2.45, 2.75) is 25.3 Å². The minimum absolute atomic E-state index is 0.106. The van der Waals surface area contributed by atoms with Gasteiger partial charge in [-0.1, -0.05) is 6.42 Å². The molecule has 110 valence electrons. The average Bonchev–Trinajstić information content (AvgIpc) is 2.89. The van der Waals surface area contributed by atoms with E-state index in [-0.39, 0.29) is 11.9 Å². The zero-order valence-corrected chi connectivity index (χ0v) is 12.0. The number of benzene rings is 1. The van der Waals surface area contributed by atoms with Crippen molar-refractivity contribution in [1.82, 2.24) is 5.32 Å². The third-order valence-electron chi connectivity index (χ3n) is 3.89.